The second kappa shape index (κ2) is 6.00. The summed E-state index contributed by atoms with van der Waals surface area (Å²) in [6, 6.07) is 7.21. The molecule has 0 radical (unpaired) electrons. The van der Waals surface area contributed by atoms with Crippen LogP contribution in [0, 0.1) is 6.92 Å². The van der Waals surface area contributed by atoms with Crippen molar-refractivity contribution in [2.75, 3.05) is 0 Å². The van der Waals surface area contributed by atoms with Crippen molar-refractivity contribution >= 4 is 29.1 Å². The van der Waals surface area contributed by atoms with Gasteiger partial charge in [0.15, 0.2) is 10.6 Å². The van der Waals surface area contributed by atoms with Crippen molar-refractivity contribution < 1.29 is 32.7 Å². The van der Waals surface area contributed by atoms with Gasteiger partial charge in [0.25, 0.3) is 11.8 Å². The molecule has 1 aliphatic rings. The minimum absolute atomic E-state index is 0.0988. The minimum atomic E-state index is -3.12. The van der Waals surface area contributed by atoms with E-state index in [-0.39, 0.29) is 21.8 Å². The maximum absolute atomic E-state index is 12.4. The van der Waals surface area contributed by atoms with Crippen LogP contribution in [0.3, 0.4) is 0 Å². The fourth-order valence-electron chi connectivity index (χ4n) is 2.19. The van der Waals surface area contributed by atoms with Crippen LogP contribution in [0.25, 0.3) is 0 Å². The number of carbonyl (C=O) groups excluding carboxylic acids is 3. The summed E-state index contributed by atoms with van der Waals surface area (Å²) in [4.78, 5) is 41.5. The molecule has 1 aromatic carbocycles. The third-order valence-electron chi connectivity index (χ3n) is 3.15. The second-order valence-corrected chi connectivity index (χ2v) is 6.01. The molecule has 1 aromatic heterocycles. The van der Waals surface area contributed by atoms with Gasteiger partial charge in [-0.15, -0.1) is 11.3 Å². The van der Waals surface area contributed by atoms with Crippen molar-refractivity contribution in [3.05, 3.63) is 51.2 Å². The molecule has 2 aromatic rings. The first kappa shape index (κ1) is 16.1. The Balaban J connectivity index is 1.84. The zero-order valence-electron chi connectivity index (χ0n) is 12.1. The Kier molecular flexibility index (Phi) is 4.02. The lowest BCUT2D eigenvalue weighted by Gasteiger charge is -2.12. The minimum Gasteiger partial charge on any atom is -0.433 e. The first-order valence-electron chi connectivity index (χ1n) is 6.64. The van der Waals surface area contributed by atoms with Gasteiger partial charge in [-0.25, -0.2) is 4.79 Å². The van der Waals surface area contributed by atoms with E-state index in [4.69, 9.17) is 4.84 Å². The Morgan fingerprint density at radius 2 is 1.75 bits per heavy atom. The number of ether oxygens (including phenoxy) is 1. The number of benzene rings is 1. The third-order valence-corrected chi connectivity index (χ3v) is 4.17. The van der Waals surface area contributed by atoms with Gasteiger partial charge in [-0.1, -0.05) is 17.2 Å². The molecule has 124 valence electrons. The molecule has 6 nitrogen and oxygen atoms in total. The van der Waals surface area contributed by atoms with Crippen molar-refractivity contribution in [3.63, 3.8) is 0 Å². The van der Waals surface area contributed by atoms with Crippen molar-refractivity contribution in [3.8, 4) is 5.75 Å². The highest BCUT2D eigenvalue weighted by atomic mass is 32.1. The number of fused-ring (bicyclic) bond motifs is 1. The number of hydrogen-bond acceptors (Lipinski definition) is 6. The van der Waals surface area contributed by atoms with E-state index in [0.29, 0.717) is 9.94 Å². The topological polar surface area (TPSA) is 72.9 Å². The molecule has 0 unspecified atom stereocenters. The molecule has 0 saturated carbocycles. The zero-order valence-corrected chi connectivity index (χ0v) is 12.9. The van der Waals surface area contributed by atoms with Gasteiger partial charge in [0, 0.05) is 4.88 Å². The van der Waals surface area contributed by atoms with Crippen molar-refractivity contribution in [2.45, 2.75) is 13.5 Å². The number of aryl methyl sites for hydroxylation is 1. The number of thiophene rings is 1. The largest absolute Gasteiger partial charge is 0.433 e. The molecule has 0 spiro atoms. The number of imide groups is 1. The Bertz CT molecular complexity index is 813. The Labute approximate surface area is 138 Å². The highest BCUT2D eigenvalue weighted by Crippen LogP contribution is 2.32. The smallest absolute Gasteiger partial charge is 0.387 e. The molecule has 3 rings (SSSR count). The fourth-order valence-corrected chi connectivity index (χ4v) is 3.01. The zero-order chi connectivity index (χ0) is 17.4. The SMILES string of the molecule is Cc1cc(OC(F)F)c(C(=O)ON2C(=O)c3ccccc3C2=O)s1. The van der Waals surface area contributed by atoms with Crippen LogP contribution in [0.4, 0.5) is 8.78 Å². The quantitative estimate of drug-likeness (QED) is 0.790. The van der Waals surface area contributed by atoms with Crippen LogP contribution in [-0.2, 0) is 4.84 Å². The number of nitrogens with zero attached hydrogens (tertiary/aromatic N) is 1. The van der Waals surface area contributed by atoms with E-state index in [1.165, 1.54) is 18.2 Å². The summed E-state index contributed by atoms with van der Waals surface area (Å²) in [6.45, 7) is -1.54. The maximum Gasteiger partial charge on any atom is 0.387 e. The Hall–Kier alpha value is -2.81. The fraction of sp³-hybridized carbons (Fsp3) is 0.133. The van der Waals surface area contributed by atoms with E-state index >= 15 is 0 Å². The van der Waals surface area contributed by atoms with Crippen molar-refractivity contribution in [2.24, 2.45) is 0 Å². The molecule has 9 heteroatoms. The Morgan fingerprint density at radius 1 is 1.17 bits per heavy atom. The summed E-state index contributed by atoms with van der Waals surface area (Å²) in [6.07, 6.45) is 0. The molecule has 0 saturated heterocycles. The molecule has 0 aliphatic carbocycles. The first-order chi connectivity index (χ1) is 11.4. The Morgan fingerprint density at radius 3 is 2.29 bits per heavy atom. The summed E-state index contributed by atoms with van der Waals surface area (Å²) in [5.74, 6) is -3.09. The lowest BCUT2D eigenvalue weighted by atomic mass is 10.1. The van der Waals surface area contributed by atoms with E-state index in [9.17, 15) is 23.2 Å². The van der Waals surface area contributed by atoms with Crippen LogP contribution in [0.2, 0.25) is 0 Å². The van der Waals surface area contributed by atoms with E-state index in [0.717, 1.165) is 11.3 Å². The van der Waals surface area contributed by atoms with E-state index < -0.39 is 24.4 Å². The van der Waals surface area contributed by atoms with Crippen LogP contribution in [0.5, 0.6) is 5.75 Å². The number of carbonyl (C=O) groups is 3. The van der Waals surface area contributed by atoms with Gasteiger partial charge in [-0.3, -0.25) is 9.59 Å². The molecule has 0 N–H and O–H groups in total. The van der Waals surface area contributed by atoms with Crippen molar-refractivity contribution in [1.82, 2.24) is 5.06 Å². The molecule has 0 fully saturated rings. The first-order valence-corrected chi connectivity index (χ1v) is 7.45. The van der Waals surface area contributed by atoms with Crippen molar-refractivity contribution in [1.29, 1.82) is 0 Å². The average molecular weight is 353 g/mol. The summed E-state index contributed by atoms with van der Waals surface area (Å²) in [5, 5.41) is 0.314. The number of alkyl halides is 2. The highest BCUT2D eigenvalue weighted by molar-refractivity contribution is 7.14. The number of amides is 2. The monoisotopic (exact) mass is 353 g/mol. The third kappa shape index (κ3) is 2.73. The molecular weight excluding hydrogens is 344 g/mol. The van der Waals surface area contributed by atoms with Gasteiger partial charge in [-0.05, 0) is 25.1 Å². The van der Waals surface area contributed by atoms with Crippen LogP contribution in [0.1, 0.15) is 35.3 Å². The number of halogens is 2. The van der Waals surface area contributed by atoms with E-state index in [1.54, 1.807) is 19.1 Å². The van der Waals surface area contributed by atoms with E-state index in [2.05, 4.69) is 4.74 Å². The van der Waals surface area contributed by atoms with Gasteiger partial charge >= 0.3 is 12.6 Å². The van der Waals surface area contributed by atoms with Gasteiger partial charge in [0.05, 0.1) is 11.1 Å². The van der Waals surface area contributed by atoms with Crippen LogP contribution >= 0.6 is 11.3 Å². The predicted molar refractivity (Wildman–Crippen MR) is 78.0 cm³/mol. The summed E-state index contributed by atoms with van der Waals surface area (Å²) in [7, 11) is 0. The molecule has 0 atom stereocenters. The number of hydrogen-bond donors (Lipinski definition) is 0. The average Bonchev–Trinajstić information content (AvgIpc) is 3.00. The lowest BCUT2D eigenvalue weighted by Crippen LogP contribution is -2.32. The number of hydroxylamine groups is 2. The van der Waals surface area contributed by atoms with Crippen LogP contribution in [-0.4, -0.2) is 29.5 Å². The van der Waals surface area contributed by atoms with Crippen LogP contribution in [0.15, 0.2) is 30.3 Å². The normalized spacial score (nSPS) is 13.4. The second-order valence-electron chi connectivity index (χ2n) is 4.76. The molecular formula is C15H9F2NO5S. The highest BCUT2D eigenvalue weighted by Gasteiger charge is 2.39. The molecule has 0 bridgehead atoms. The van der Waals surface area contributed by atoms with Gasteiger partial charge < -0.3 is 9.57 Å². The molecule has 2 amide bonds. The number of rotatable bonds is 4. The van der Waals surface area contributed by atoms with Gasteiger partial charge in [0.1, 0.15) is 0 Å². The predicted octanol–water partition coefficient (Wildman–Crippen LogP) is 3.03. The molecule has 1 aliphatic heterocycles. The summed E-state index contributed by atoms with van der Waals surface area (Å²) < 4.78 is 29.0. The van der Waals surface area contributed by atoms with E-state index in [1.807, 2.05) is 0 Å². The van der Waals surface area contributed by atoms with Crippen LogP contribution < -0.4 is 4.74 Å². The van der Waals surface area contributed by atoms with Gasteiger partial charge in [0.2, 0.25) is 0 Å². The summed E-state index contributed by atoms with van der Waals surface area (Å²) >= 11 is 0.852. The van der Waals surface area contributed by atoms with Gasteiger partial charge in [-0.2, -0.15) is 8.78 Å². The molecule has 24 heavy (non-hydrogen) atoms. The lowest BCUT2D eigenvalue weighted by molar-refractivity contribution is -0.0616. The standard InChI is InChI=1S/C15H9F2NO5S/c1-7-6-10(22-15(16)17)11(24-7)14(21)23-18-12(19)8-4-2-3-5-9(8)13(18)20/h2-6,15H,1H3. The molecule has 2 heterocycles. The summed E-state index contributed by atoms with van der Waals surface area (Å²) in [5.41, 5.74) is 0.198. The maximum atomic E-state index is 12.4.